The summed E-state index contributed by atoms with van der Waals surface area (Å²) in [7, 11) is 0. The van der Waals surface area contributed by atoms with Gasteiger partial charge in [-0.05, 0) is 59.7 Å². The molecule has 1 nitrogen and oxygen atoms in total. The molecule has 2 aromatic carbocycles. The van der Waals surface area contributed by atoms with E-state index in [1.807, 2.05) is 0 Å². The molecule has 112 valence electrons. The van der Waals surface area contributed by atoms with E-state index < -0.39 is 0 Å². The van der Waals surface area contributed by atoms with Crippen LogP contribution in [0.4, 0.5) is 0 Å². The highest BCUT2D eigenvalue weighted by Crippen LogP contribution is 2.24. The molecule has 0 amide bonds. The fourth-order valence-corrected chi connectivity index (χ4v) is 2.75. The number of aryl methyl sites for hydroxylation is 2. The second kappa shape index (κ2) is 7.99. The maximum Gasteiger partial charge on any atom is 0.0205 e. The minimum Gasteiger partial charge on any atom is -0.313 e. The standard InChI is InChI=1S/C20H27N/c1-4-12-21-15-16-8-7-9-19(13-16)20-11-10-17(5-2)18(6-3)14-20/h7-11,13-14,21H,4-6,12,15H2,1-3H3. The normalized spacial score (nSPS) is 10.8. The molecule has 0 radical (unpaired) electrons. The van der Waals surface area contributed by atoms with E-state index in [0.29, 0.717) is 0 Å². The minimum atomic E-state index is 0.954. The summed E-state index contributed by atoms with van der Waals surface area (Å²) in [5.41, 5.74) is 6.97. The molecule has 1 heteroatoms. The van der Waals surface area contributed by atoms with Gasteiger partial charge in [0, 0.05) is 6.54 Å². The zero-order valence-electron chi connectivity index (χ0n) is 13.6. The van der Waals surface area contributed by atoms with Crippen molar-refractivity contribution < 1.29 is 0 Å². The molecule has 0 bridgehead atoms. The van der Waals surface area contributed by atoms with Crippen LogP contribution >= 0.6 is 0 Å². The van der Waals surface area contributed by atoms with Crippen molar-refractivity contribution in [3.63, 3.8) is 0 Å². The summed E-state index contributed by atoms with van der Waals surface area (Å²) in [6, 6.07) is 15.8. The van der Waals surface area contributed by atoms with Crippen LogP contribution in [0.25, 0.3) is 11.1 Å². The van der Waals surface area contributed by atoms with Crippen LogP contribution in [-0.4, -0.2) is 6.54 Å². The highest BCUT2D eigenvalue weighted by Gasteiger charge is 2.04. The van der Waals surface area contributed by atoms with Crippen LogP contribution in [0, 0.1) is 0 Å². The largest absolute Gasteiger partial charge is 0.313 e. The summed E-state index contributed by atoms with van der Waals surface area (Å²) in [6.07, 6.45) is 3.40. The molecule has 0 fully saturated rings. The van der Waals surface area contributed by atoms with Gasteiger partial charge in [0.25, 0.3) is 0 Å². The molecule has 21 heavy (non-hydrogen) atoms. The summed E-state index contributed by atoms with van der Waals surface area (Å²) in [5.74, 6) is 0. The zero-order valence-corrected chi connectivity index (χ0v) is 13.6. The van der Waals surface area contributed by atoms with Crippen LogP contribution in [0.3, 0.4) is 0 Å². The van der Waals surface area contributed by atoms with Crippen molar-refractivity contribution in [1.29, 1.82) is 0 Å². The molecule has 2 aromatic rings. The molecule has 0 atom stereocenters. The molecule has 0 aliphatic rings. The lowest BCUT2D eigenvalue weighted by Gasteiger charge is -2.11. The average molecular weight is 281 g/mol. The maximum absolute atomic E-state index is 3.47. The van der Waals surface area contributed by atoms with Crippen molar-refractivity contribution >= 4 is 0 Å². The predicted octanol–water partition coefficient (Wildman–Crippen LogP) is 4.98. The zero-order chi connectivity index (χ0) is 15.1. The summed E-state index contributed by atoms with van der Waals surface area (Å²) in [4.78, 5) is 0. The predicted molar refractivity (Wildman–Crippen MR) is 92.6 cm³/mol. The van der Waals surface area contributed by atoms with E-state index in [1.54, 1.807) is 0 Å². The molecule has 0 aliphatic heterocycles. The van der Waals surface area contributed by atoms with Gasteiger partial charge >= 0.3 is 0 Å². The Morgan fingerprint density at radius 1 is 0.810 bits per heavy atom. The molecule has 2 rings (SSSR count). The van der Waals surface area contributed by atoms with Crippen LogP contribution in [0.1, 0.15) is 43.9 Å². The van der Waals surface area contributed by atoms with Crippen LogP contribution in [0.5, 0.6) is 0 Å². The van der Waals surface area contributed by atoms with Gasteiger partial charge in [0.2, 0.25) is 0 Å². The fourth-order valence-electron chi connectivity index (χ4n) is 2.75. The molecule has 0 aromatic heterocycles. The number of nitrogens with one attached hydrogen (secondary N) is 1. The molecule has 0 heterocycles. The first-order valence-corrected chi connectivity index (χ1v) is 8.20. The molecular weight excluding hydrogens is 254 g/mol. The van der Waals surface area contributed by atoms with Gasteiger partial charge in [-0.25, -0.2) is 0 Å². The van der Waals surface area contributed by atoms with Crippen molar-refractivity contribution in [3.8, 4) is 11.1 Å². The Bertz CT molecular complexity index is 572. The fraction of sp³-hybridized carbons (Fsp3) is 0.400. The summed E-state index contributed by atoms with van der Waals surface area (Å²) in [6.45, 7) is 8.70. The van der Waals surface area contributed by atoms with Gasteiger partial charge in [-0.2, -0.15) is 0 Å². The monoisotopic (exact) mass is 281 g/mol. The van der Waals surface area contributed by atoms with E-state index in [4.69, 9.17) is 0 Å². The van der Waals surface area contributed by atoms with Crippen LogP contribution in [0.15, 0.2) is 42.5 Å². The minimum absolute atomic E-state index is 0.954. The number of rotatable bonds is 7. The Kier molecular flexibility index (Phi) is 6.01. The maximum atomic E-state index is 3.47. The Balaban J connectivity index is 2.23. The Morgan fingerprint density at radius 2 is 1.57 bits per heavy atom. The van der Waals surface area contributed by atoms with E-state index in [0.717, 1.165) is 25.9 Å². The van der Waals surface area contributed by atoms with E-state index >= 15 is 0 Å². The number of hydrogen-bond acceptors (Lipinski definition) is 1. The SMILES string of the molecule is CCCNCc1cccc(-c2ccc(CC)c(CC)c2)c1. The van der Waals surface area contributed by atoms with E-state index in [2.05, 4.69) is 68.6 Å². The van der Waals surface area contributed by atoms with Crippen molar-refractivity contribution in [2.75, 3.05) is 6.54 Å². The Morgan fingerprint density at radius 3 is 2.29 bits per heavy atom. The van der Waals surface area contributed by atoms with Crippen molar-refractivity contribution in [3.05, 3.63) is 59.2 Å². The Labute approximate surface area is 129 Å². The third kappa shape index (κ3) is 4.18. The van der Waals surface area contributed by atoms with Gasteiger partial charge in [-0.1, -0.05) is 57.2 Å². The molecular formula is C20H27N. The third-order valence-electron chi connectivity index (χ3n) is 3.98. The summed E-state index contributed by atoms with van der Waals surface area (Å²) in [5, 5.41) is 3.47. The molecule has 0 unspecified atom stereocenters. The summed E-state index contributed by atoms with van der Waals surface area (Å²) >= 11 is 0. The second-order valence-electron chi connectivity index (χ2n) is 5.57. The second-order valence-corrected chi connectivity index (χ2v) is 5.57. The van der Waals surface area contributed by atoms with Crippen LogP contribution in [0.2, 0.25) is 0 Å². The lowest BCUT2D eigenvalue weighted by atomic mass is 9.96. The Hall–Kier alpha value is -1.60. The van der Waals surface area contributed by atoms with Crippen molar-refractivity contribution in [1.82, 2.24) is 5.32 Å². The molecule has 0 saturated carbocycles. The molecule has 1 N–H and O–H groups in total. The molecule has 0 aliphatic carbocycles. The van der Waals surface area contributed by atoms with E-state index in [1.165, 1.54) is 34.2 Å². The number of benzene rings is 2. The topological polar surface area (TPSA) is 12.0 Å². The van der Waals surface area contributed by atoms with Gasteiger partial charge in [-0.3, -0.25) is 0 Å². The molecule has 0 saturated heterocycles. The smallest absolute Gasteiger partial charge is 0.0205 e. The highest BCUT2D eigenvalue weighted by molar-refractivity contribution is 5.65. The van der Waals surface area contributed by atoms with Gasteiger partial charge in [0.1, 0.15) is 0 Å². The van der Waals surface area contributed by atoms with E-state index in [-0.39, 0.29) is 0 Å². The third-order valence-corrected chi connectivity index (χ3v) is 3.98. The lowest BCUT2D eigenvalue weighted by Crippen LogP contribution is -2.13. The highest BCUT2D eigenvalue weighted by atomic mass is 14.8. The molecule has 0 spiro atoms. The lowest BCUT2D eigenvalue weighted by molar-refractivity contribution is 0.675. The van der Waals surface area contributed by atoms with E-state index in [9.17, 15) is 0 Å². The number of hydrogen-bond donors (Lipinski definition) is 1. The van der Waals surface area contributed by atoms with Gasteiger partial charge in [0.05, 0.1) is 0 Å². The van der Waals surface area contributed by atoms with Gasteiger partial charge in [0.15, 0.2) is 0 Å². The van der Waals surface area contributed by atoms with Gasteiger partial charge < -0.3 is 5.32 Å². The average Bonchev–Trinajstić information content (AvgIpc) is 2.54. The van der Waals surface area contributed by atoms with Crippen LogP contribution in [-0.2, 0) is 19.4 Å². The summed E-state index contributed by atoms with van der Waals surface area (Å²) < 4.78 is 0. The van der Waals surface area contributed by atoms with Crippen molar-refractivity contribution in [2.45, 2.75) is 46.6 Å². The first kappa shape index (κ1) is 15.8. The van der Waals surface area contributed by atoms with Crippen molar-refractivity contribution in [2.24, 2.45) is 0 Å². The first-order valence-electron chi connectivity index (χ1n) is 8.20. The first-order chi connectivity index (χ1) is 10.3. The quantitative estimate of drug-likeness (QED) is 0.706. The van der Waals surface area contributed by atoms with Crippen LogP contribution < -0.4 is 5.32 Å². The van der Waals surface area contributed by atoms with Gasteiger partial charge in [-0.15, -0.1) is 0 Å².